The summed E-state index contributed by atoms with van der Waals surface area (Å²) in [5.41, 5.74) is 10.2. The molecule has 28 heavy (non-hydrogen) atoms. The first-order valence-corrected chi connectivity index (χ1v) is 8.92. The van der Waals surface area contributed by atoms with Crippen LogP contribution < -0.4 is 15.8 Å². The number of nitrogens with one attached hydrogen (secondary N) is 2. The lowest BCUT2D eigenvalue weighted by Crippen LogP contribution is -2.15. The van der Waals surface area contributed by atoms with Gasteiger partial charge in [0, 0.05) is 13.0 Å². The number of phenolic OH excluding ortho intramolecular Hbond substituents is 1. The highest BCUT2D eigenvalue weighted by atomic mass is 16.5. The van der Waals surface area contributed by atoms with Gasteiger partial charge in [0.05, 0.1) is 12.8 Å². The summed E-state index contributed by atoms with van der Waals surface area (Å²) >= 11 is 0. The summed E-state index contributed by atoms with van der Waals surface area (Å²) in [4.78, 5) is 12.0. The number of carbonyl (C=O) groups excluding carboxylic acids is 1. The Labute approximate surface area is 163 Å². The number of anilines is 1. The van der Waals surface area contributed by atoms with Crippen molar-refractivity contribution in [3.05, 3.63) is 69.9 Å². The smallest absolute Gasteiger partial charge is 0.254 e. The number of aryl methyl sites for hydroxylation is 2. The van der Waals surface area contributed by atoms with Gasteiger partial charge < -0.3 is 20.9 Å². The number of amides is 1. The number of nitrogens with zero attached hydrogens (tertiary/aromatic N) is 1. The topological polar surface area (TPSA) is 113 Å². The normalized spacial score (nSPS) is 10.7. The van der Waals surface area contributed by atoms with Crippen molar-refractivity contribution in [3.63, 3.8) is 0 Å². The zero-order valence-corrected chi connectivity index (χ0v) is 16.2. The highest BCUT2D eigenvalue weighted by Gasteiger charge is 2.18. The third kappa shape index (κ3) is 4.09. The van der Waals surface area contributed by atoms with E-state index in [1.54, 1.807) is 7.11 Å². The van der Waals surface area contributed by atoms with Crippen LogP contribution in [-0.2, 0) is 13.0 Å². The van der Waals surface area contributed by atoms with Crippen molar-refractivity contribution in [1.29, 1.82) is 0 Å². The Morgan fingerprint density at radius 3 is 2.39 bits per heavy atom. The molecule has 0 bridgehead atoms. The number of phenols is 1. The van der Waals surface area contributed by atoms with Crippen LogP contribution in [0.5, 0.6) is 11.5 Å². The largest absolute Gasteiger partial charge is 0.507 e. The fourth-order valence-electron chi connectivity index (χ4n) is 3.18. The van der Waals surface area contributed by atoms with Gasteiger partial charge in [-0.2, -0.15) is 5.10 Å². The number of H-pyrrole nitrogens is 1. The number of aromatic amines is 1. The number of hydrogen-bond acceptors (Lipinski definition) is 5. The zero-order valence-electron chi connectivity index (χ0n) is 16.2. The van der Waals surface area contributed by atoms with Crippen LogP contribution in [-0.4, -0.2) is 28.3 Å². The average Bonchev–Trinajstić information content (AvgIpc) is 3.07. The number of aromatic nitrogens is 2. The molecule has 3 aromatic rings. The van der Waals surface area contributed by atoms with E-state index in [1.165, 1.54) is 0 Å². The van der Waals surface area contributed by atoms with Crippen LogP contribution in [0.25, 0.3) is 0 Å². The van der Waals surface area contributed by atoms with Crippen molar-refractivity contribution in [2.75, 3.05) is 12.4 Å². The van der Waals surface area contributed by atoms with Crippen LogP contribution in [0.3, 0.4) is 0 Å². The number of rotatable bonds is 7. The predicted octanol–water partition coefficient (Wildman–Crippen LogP) is 3.04. The lowest BCUT2D eigenvalue weighted by Gasteiger charge is -2.10. The Morgan fingerprint density at radius 2 is 1.82 bits per heavy atom. The van der Waals surface area contributed by atoms with Crippen LogP contribution in [0, 0.1) is 13.8 Å². The summed E-state index contributed by atoms with van der Waals surface area (Å²) in [7, 11) is 1.62. The van der Waals surface area contributed by atoms with E-state index in [-0.39, 0.29) is 0 Å². The summed E-state index contributed by atoms with van der Waals surface area (Å²) in [6.07, 6.45) is 0.494. The molecule has 7 heteroatoms. The number of primary amides is 1. The molecule has 7 nitrogen and oxygen atoms in total. The van der Waals surface area contributed by atoms with Gasteiger partial charge in [-0.1, -0.05) is 24.3 Å². The molecule has 0 spiro atoms. The molecule has 2 aromatic carbocycles. The Hall–Kier alpha value is -3.48. The van der Waals surface area contributed by atoms with Crippen LogP contribution >= 0.6 is 0 Å². The highest BCUT2D eigenvalue weighted by Crippen LogP contribution is 2.25. The third-order valence-electron chi connectivity index (χ3n) is 4.64. The average molecular weight is 380 g/mol. The lowest BCUT2D eigenvalue weighted by atomic mass is 10.0. The summed E-state index contributed by atoms with van der Waals surface area (Å²) in [6, 6.07) is 11.4. The fraction of sp³-hybridized carbons (Fsp3) is 0.238. The molecule has 0 unspecified atom stereocenters. The van der Waals surface area contributed by atoms with Gasteiger partial charge >= 0.3 is 0 Å². The van der Waals surface area contributed by atoms with Gasteiger partial charge in [-0.05, 0) is 48.2 Å². The quantitative estimate of drug-likeness (QED) is 0.503. The maximum atomic E-state index is 12.0. The Bertz CT molecular complexity index is 970. The van der Waals surface area contributed by atoms with Gasteiger partial charge in [-0.15, -0.1) is 0 Å². The number of carbonyl (C=O) groups is 1. The van der Waals surface area contributed by atoms with Crippen molar-refractivity contribution in [3.8, 4) is 11.5 Å². The molecule has 0 aliphatic carbocycles. The van der Waals surface area contributed by atoms with Crippen molar-refractivity contribution < 1.29 is 14.6 Å². The summed E-state index contributed by atoms with van der Waals surface area (Å²) in [5.74, 6) is 0.936. The lowest BCUT2D eigenvalue weighted by molar-refractivity contribution is 0.100. The first kappa shape index (κ1) is 19.3. The number of nitrogens with two attached hydrogens (primary N) is 1. The number of benzene rings is 2. The number of methoxy groups -OCH3 is 1. The Morgan fingerprint density at radius 1 is 1.18 bits per heavy atom. The molecule has 5 N–H and O–H groups in total. The number of ether oxygens (including phenoxy) is 1. The minimum atomic E-state index is -0.544. The van der Waals surface area contributed by atoms with E-state index in [4.69, 9.17) is 10.5 Å². The first-order valence-electron chi connectivity index (χ1n) is 8.92. The van der Waals surface area contributed by atoms with Crippen molar-refractivity contribution in [1.82, 2.24) is 10.2 Å². The highest BCUT2D eigenvalue weighted by molar-refractivity contribution is 5.98. The monoisotopic (exact) mass is 380 g/mol. The molecule has 0 radical (unpaired) electrons. The van der Waals surface area contributed by atoms with Gasteiger partial charge in [0.25, 0.3) is 5.91 Å². The first-order chi connectivity index (χ1) is 13.4. The van der Waals surface area contributed by atoms with Crippen molar-refractivity contribution in [2.45, 2.75) is 26.8 Å². The van der Waals surface area contributed by atoms with E-state index in [1.807, 2.05) is 50.2 Å². The second-order valence-electron chi connectivity index (χ2n) is 6.75. The van der Waals surface area contributed by atoms with E-state index < -0.39 is 5.91 Å². The maximum Gasteiger partial charge on any atom is 0.254 e. The van der Waals surface area contributed by atoms with Crippen molar-refractivity contribution in [2.24, 2.45) is 5.73 Å². The second kappa shape index (κ2) is 8.04. The molecular formula is C21H24N4O3. The molecule has 1 heterocycles. The molecular weight excluding hydrogens is 356 g/mol. The van der Waals surface area contributed by atoms with Crippen molar-refractivity contribution >= 4 is 11.7 Å². The molecule has 1 amide bonds. The molecule has 0 aliphatic heterocycles. The molecule has 0 atom stereocenters. The fourth-order valence-corrected chi connectivity index (χ4v) is 3.18. The molecule has 0 saturated heterocycles. The van der Waals surface area contributed by atoms with E-state index in [0.717, 1.165) is 28.0 Å². The second-order valence-corrected chi connectivity index (χ2v) is 6.75. The maximum absolute atomic E-state index is 12.0. The zero-order chi connectivity index (χ0) is 20.3. The van der Waals surface area contributed by atoms with Crippen LogP contribution in [0.2, 0.25) is 0 Å². The number of hydrogen-bond donors (Lipinski definition) is 4. The summed E-state index contributed by atoms with van der Waals surface area (Å²) in [6.45, 7) is 4.15. The molecule has 1 aromatic heterocycles. The van der Waals surface area contributed by atoms with Gasteiger partial charge in [-0.25, -0.2) is 0 Å². The third-order valence-corrected chi connectivity index (χ3v) is 4.64. The Kier molecular flexibility index (Phi) is 5.54. The standard InChI is InChI=1S/C21H24N4O3/c1-12-8-15(9-13(2)19(12)26)11-23-21-18(20(22)27)17(24-25-21)10-14-4-6-16(28-3)7-5-14/h4-9,26H,10-11H2,1-3H3,(H2,22,27)(H2,23,24,25). The van der Waals surface area contributed by atoms with E-state index in [9.17, 15) is 9.90 Å². The summed E-state index contributed by atoms with van der Waals surface area (Å²) in [5, 5.41) is 20.2. The summed E-state index contributed by atoms with van der Waals surface area (Å²) < 4.78 is 5.16. The van der Waals surface area contributed by atoms with Gasteiger partial charge in [0.1, 0.15) is 17.1 Å². The SMILES string of the molecule is COc1ccc(Cc2[nH]nc(NCc3cc(C)c(O)c(C)c3)c2C(N)=O)cc1. The molecule has 3 rings (SSSR count). The minimum Gasteiger partial charge on any atom is -0.507 e. The number of aromatic hydroxyl groups is 1. The molecule has 0 saturated carbocycles. The van der Waals surface area contributed by atoms with Gasteiger partial charge in [0.2, 0.25) is 0 Å². The molecule has 146 valence electrons. The van der Waals surface area contributed by atoms with Crippen LogP contribution in [0.4, 0.5) is 5.82 Å². The van der Waals surface area contributed by atoms with Crippen LogP contribution in [0.1, 0.15) is 38.3 Å². The molecule has 0 aliphatic rings. The van der Waals surface area contributed by atoms with E-state index in [0.29, 0.717) is 35.8 Å². The van der Waals surface area contributed by atoms with E-state index >= 15 is 0 Å². The van der Waals surface area contributed by atoms with Crippen LogP contribution in [0.15, 0.2) is 36.4 Å². The van der Waals surface area contributed by atoms with Gasteiger partial charge in [-0.3, -0.25) is 9.89 Å². The van der Waals surface area contributed by atoms with Gasteiger partial charge in [0.15, 0.2) is 5.82 Å². The van der Waals surface area contributed by atoms with E-state index in [2.05, 4.69) is 15.5 Å². The predicted molar refractivity (Wildman–Crippen MR) is 108 cm³/mol. The molecule has 0 fully saturated rings. The minimum absolute atomic E-state index is 0.295. The Balaban J connectivity index is 1.79.